The summed E-state index contributed by atoms with van der Waals surface area (Å²) in [5, 5.41) is 5.18. The van der Waals surface area contributed by atoms with Crippen LogP contribution in [0.5, 0.6) is 0 Å². The monoisotopic (exact) mass is 451 g/mol. The molecule has 0 aliphatic rings. The number of carbonyl (C=O) groups excluding carboxylic acids is 1. The number of sulfone groups is 1. The molecule has 0 bridgehead atoms. The molecule has 0 unspecified atom stereocenters. The highest BCUT2D eigenvalue weighted by atomic mass is 32.2. The average molecular weight is 452 g/mol. The van der Waals surface area contributed by atoms with Gasteiger partial charge in [-0.1, -0.05) is 23.5 Å². The van der Waals surface area contributed by atoms with Crippen LogP contribution >= 0.6 is 11.3 Å². The van der Waals surface area contributed by atoms with E-state index in [1.54, 1.807) is 16.7 Å². The summed E-state index contributed by atoms with van der Waals surface area (Å²) in [6, 6.07) is 10.0. The van der Waals surface area contributed by atoms with E-state index in [0.29, 0.717) is 21.6 Å². The number of rotatable bonds is 5. The molecule has 29 heavy (non-hydrogen) atoms. The van der Waals surface area contributed by atoms with Crippen LogP contribution in [0.25, 0.3) is 10.2 Å². The van der Waals surface area contributed by atoms with Crippen LogP contribution in [0.4, 0.5) is 0 Å². The lowest BCUT2D eigenvalue weighted by atomic mass is 10.2. The molecule has 1 aromatic heterocycles. The van der Waals surface area contributed by atoms with E-state index in [0.717, 1.165) is 17.6 Å². The van der Waals surface area contributed by atoms with Crippen molar-refractivity contribution >= 4 is 47.3 Å². The number of nitrogens with two attached hydrogens (primary N) is 1. The number of sulfonamides is 1. The molecule has 2 N–H and O–H groups in total. The number of hydrogen-bond donors (Lipinski definition) is 1. The van der Waals surface area contributed by atoms with Crippen LogP contribution in [0.3, 0.4) is 0 Å². The zero-order valence-electron chi connectivity index (χ0n) is 15.3. The standard InChI is InChI=1S/C18H17N3O5S3/c1-3-9-21-15-8-7-14(29(19,25)26)11-16(15)27-18(21)20-17(22)12-5-4-6-13(10-12)28(2,23)24/h3-8,10-11H,1,9H2,2H3,(H2,19,25,26). The van der Waals surface area contributed by atoms with Crippen LogP contribution in [0.15, 0.2) is 69.9 Å². The van der Waals surface area contributed by atoms with Crippen molar-refractivity contribution in [2.24, 2.45) is 10.1 Å². The number of aromatic nitrogens is 1. The first-order valence-electron chi connectivity index (χ1n) is 8.17. The second-order valence-corrected chi connectivity index (χ2v) is 10.8. The number of amides is 1. The smallest absolute Gasteiger partial charge is 0.279 e. The van der Waals surface area contributed by atoms with Crippen LogP contribution in [0.2, 0.25) is 0 Å². The number of fused-ring (bicyclic) bond motifs is 1. The second kappa shape index (κ2) is 7.67. The molecular formula is C18H17N3O5S3. The first-order valence-corrected chi connectivity index (χ1v) is 12.4. The fourth-order valence-electron chi connectivity index (χ4n) is 2.63. The molecule has 1 heterocycles. The molecule has 0 saturated heterocycles. The Hall–Kier alpha value is -2.60. The first kappa shape index (κ1) is 21.1. The predicted molar refractivity (Wildman–Crippen MR) is 111 cm³/mol. The third-order valence-corrected chi connectivity index (χ3v) is 7.06. The summed E-state index contributed by atoms with van der Waals surface area (Å²) in [7, 11) is -7.34. The van der Waals surface area contributed by atoms with Crippen molar-refractivity contribution in [3.63, 3.8) is 0 Å². The molecule has 152 valence electrons. The van der Waals surface area contributed by atoms with Gasteiger partial charge in [-0.2, -0.15) is 4.99 Å². The molecule has 1 amide bonds. The average Bonchev–Trinajstić information content (AvgIpc) is 2.97. The van der Waals surface area contributed by atoms with E-state index in [9.17, 15) is 21.6 Å². The van der Waals surface area contributed by atoms with Crippen LogP contribution in [0.1, 0.15) is 10.4 Å². The lowest BCUT2D eigenvalue weighted by Gasteiger charge is -2.03. The minimum atomic E-state index is -3.87. The number of thiazole rings is 1. The van der Waals surface area contributed by atoms with Gasteiger partial charge in [0.15, 0.2) is 14.6 Å². The maximum atomic E-state index is 12.6. The number of allylic oxidation sites excluding steroid dienone is 1. The van der Waals surface area contributed by atoms with Gasteiger partial charge in [-0.25, -0.2) is 22.0 Å². The topological polar surface area (TPSA) is 129 Å². The van der Waals surface area contributed by atoms with E-state index in [1.165, 1.54) is 36.4 Å². The van der Waals surface area contributed by atoms with Crippen LogP contribution in [0, 0.1) is 0 Å². The quantitative estimate of drug-likeness (QED) is 0.590. The van der Waals surface area contributed by atoms with E-state index >= 15 is 0 Å². The van der Waals surface area contributed by atoms with Crippen molar-refractivity contribution < 1.29 is 21.6 Å². The van der Waals surface area contributed by atoms with Crippen molar-refractivity contribution in [2.45, 2.75) is 16.3 Å². The van der Waals surface area contributed by atoms with Gasteiger partial charge in [0, 0.05) is 18.4 Å². The van der Waals surface area contributed by atoms with Crippen molar-refractivity contribution in [3.05, 3.63) is 65.5 Å². The molecule has 0 aliphatic carbocycles. The summed E-state index contributed by atoms with van der Waals surface area (Å²) >= 11 is 1.12. The predicted octanol–water partition coefficient (Wildman–Crippen LogP) is 1.68. The molecule has 0 fully saturated rings. The zero-order chi connectivity index (χ0) is 21.4. The van der Waals surface area contributed by atoms with Crippen molar-refractivity contribution in [3.8, 4) is 0 Å². The van der Waals surface area contributed by atoms with Gasteiger partial charge in [0.2, 0.25) is 10.0 Å². The number of primary sulfonamides is 1. The van der Waals surface area contributed by atoms with Crippen LogP contribution in [-0.2, 0) is 26.4 Å². The van der Waals surface area contributed by atoms with Gasteiger partial charge in [0.1, 0.15) is 0 Å². The third kappa shape index (κ3) is 4.53. The molecule has 3 aromatic rings. The fourth-order valence-corrected chi connectivity index (χ4v) is 4.99. The summed E-state index contributed by atoms with van der Waals surface area (Å²) < 4.78 is 48.9. The van der Waals surface area contributed by atoms with E-state index in [1.807, 2.05) is 0 Å². The molecule has 0 saturated carbocycles. The summed E-state index contributed by atoms with van der Waals surface area (Å²) in [4.78, 5) is 17.1. The summed E-state index contributed by atoms with van der Waals surface area (Å²) in [6.45, 7) is 4.03. The van der Waals surface area contributed by atoms with Gasteiger partial charge >= 0.3 is 0 Å². The Bertz CT molecular complexity index is 1410. The van der Waals surface area contributed by atoms with Crippen LogP contribution < -0.4 is 9.94 Å². The molecule has 8 nitrogen and oxygen atoms in total. The number of carbonyl (C=O) groups is 1. The van der Waals surface area contributed by atoms with Gasteiger partial charge in [-0.05, 0) is 36.4 Å². The van der Waals surface area contributed by atoms with E-state index in [4.69, 9.17) is 5.14 Å². The second-order valence-electron chi connectivity index (χ2n) is 6.18. The van der Waals surface area contributed by atoms with Gasteiger partial charge < -0.3 is 4.57 Å². The largest absolute Gasteiger partial charge is 0.312 e. The third-order valence-electron chi connectivity index (χ3n) is 4.00. The Morgan fingerprint density at radius 3 is 2.52 bits per heavy atom. The Balaban J connectivity index is 2.17. The highest BCUT2D eigenvalue weighted by Gasteiger charge is 2.14. The summed E-state index contributed by atoms with van der Waals surface area (Å²) in [5.41, 5.74) is 0.791. The van der Waals surface area contributed by atoms with E-state index in [-0.39, 0.29) is 15.4 Å². The van der Waals surface area contributed by atoms with Gasteiger partial charge in [-0.15, -0.1) is 6.58 Å². The van der Waals surface area contributed by atoms with E-state index < -0.39 is 25.8 Å². The Morgan fingerprint density at radius 2 is 1.90 bits per heavy atom. The van der Waals surface area contributed by atoms with Crippen molar-refractivity contribution in [1.82, 2.24) is 4.57 Å². The number of hydrogen-bond acceptors (Lipinski definition) is 6. The minimum Gasteiger partial charge on any atom is -0.312 e. The van der Waals surface area contributed by atoms with Crippen LogP contribution in [-0.4, -0.2) is 33.6 Å². The molecule has 0 spiro atoms. The molecule has 2 aromatic carbocycles. The normalized spacial score (nSPS) is 13.0. The lowest BCUT2D eigenvalue weighted by Crippen LogP contribution is -2.16. The highest BCUT2D eigenvalue weighted by molar-refractivity contribution is 7.90. The first-order chi connectivity index (χ1) is 13.5. The number of nitrogens with zero attached hydrogens (tertiary/aromatic N) is 2. The number of benzene rings is 2. The molecule has 0 aliphatic heterocycles. The Morgan fingerprint density at radius 1 is 1.17 bits per heavy atom. The molecule has 3 rings (SSSR count). The molecule has 0 atom stereocenters. The lowest BCUT2D eigenvalue weighted by molar-refractivity contribution is 0.0997. The van der Waals surface area contributed by atoms with Gasteiger partial charge in [0.25, 0.3) is 5.91 Å². The van der Waals surface area contributed by atoms with Crippen molar-refractivity contribution in [1.29, 1.82) is 0 Å². The van der Waals surface area contributed by atoms with Gasteiger partial charge in [-0.3, -0.25) is 4.79 Å². The zero-order valence-corrected chi connectivity index (χ0v) is 17.7. The Kier molecular flexibility index (Phi) is 5.59. The molecular weight excluding hydrogens is 434 g/mol. The van der Waals surface area contributed by atoms with Crippen molar-refractivity contribution in [2.75, 3.05) is 6.26 Å². The highest BCUT2D eigenvalue weighted by Crippen LogP contribution is 2.21. The SMILES string of the molecule is C=CCn1c(=NC(=O)c2cccc(S(C)(=O)=O)c2)sc2cc(S(N)(=O)=O)ccc21. The summed E-state index contributed by atoms with van der Waals surface area (Å²) in [5.74, 6) is -0.619. The fraction of sp³-hybridized carbons (Fsp3) is 0.111. The Labute approximate surface area is 171 Å². The van der Waals surface area contributed by atoms with Gasteiger partial charge in [0.05, 0.1) is 20.0 Å². The maximum absolute atomic E-state index is 12.6. The maximum Gasteiger partial charge on any atom is 0.279 e. The molecule has 0 radical (unpaired) electrons. The van der Waals surface area contributed by atoms with E-state index in [2.05, 4.69) is 11.6 Å². The minimum absolute atomic E-state index is 0.0200. The summed E-state index contributed by atoms with van der Waals surface area (Å²) in [6.07, 6.45) is 2.67. The molecule has 11 heteroatoms.